The predicted octanol–water partition coefficient (Wildman–Crippen LogP) is 3.79. The number of hydrogen-bond acceptors (Lipinski definition) is 4. The van der Waals surface area contributed by atoms with Crippen LogP contribution in [0.5, 0.6) is 0 Å². The zero-order chi connectivity index (χ0) is 22.1. The van der Waals surface area contributed by atoms with Crippen LogP contribution >= 0.6 is 0 Å². The van der Waals surface area contributed by atoms with Gasteiger partial charge < -0.3 is 10.2 Å². The van der Waals surface area contributed by atoms with Crippen molar-refractivity contribution < 1.29 is 27.6 Å². The van der Waals surface area contributed by atoms with Gasteiger partial charge in [0.25, 0.3) is 11.8 Å². The Kier molecular flexibility index (Phi) is 5.82. The molecule has 6 nitrogen and oxygen atoms in total. The third-order valence-corrected chi connectivity index (χ3v) is 4.88. The fourth-order valence-corrected chi connectivity index (χ4v) is 3.37. The second-order valence-electron chi connectivity index (χ2n) is 6.69. The normalized spacial score (nSPS) is 13.4. The second kappa shape index (κ2) is 8.17. The molecule has 1 aliphatic heterocycles. The highest BCUT2D eigenvalue weighted by Gasteiger charge is 2.36. The van der Waals surface area contributed by atoms with Crippen LogP contribution in [0.25, 0.3) is 0 Å². The molecular weight excluding hydrogens is 399 g/mol. The number of hydrogen-bond donors (Lipinski definition) is 1. The molecule has 3 rings (SSSR count). The van der Waals surface area contributed by atoms with E-state index in [4.69, 9.17) is 0 Å². The van der Waals surface area contributed by atoms with E-state index in [1.807, 2.05) is 13.8 Å². The molecule has 0 atom stereocenters. The van der Waals surface area contributed by atoms with Gasteiger partial charge in [-0.2, -0.15) is 13.2 Å². The summed E-state index contributed by atoms with van der Waals surface area (Å²) < 4.78 is 39.5. The minimum Gasteiger partial charge on any atom is -0.370 e. The van der Waals surface area contributed by atoms with Gasteiger partial charge in [-0.25, -0.2) is 0 Å². The third-order valence-electron chi connectivity index (χ3n) is 4.88. The number of nitrogens with zero attached hydrogens (tertiary/aromatic N) is 2. The Labute approximate surface area is 171 Å². The first-order valence-corrected chi connectivity index (χ1v) is 9.38. The molecule has 0 unspecified atom stereocenters. The molecular formula is C21H20F3N3O3. The van der Waals surface area contributed by atoms with Crippen LogP contribution < -0.4 is 10.2 Å². The van der Waals surface area contributed by atoms with Crippen LogP contribution in [0.3, 0.4) is 0 Å². The summed E-state index contributed by atoms with van der Waals surface area (Å²) in [5, 5.41) is 2.44. The molecule has 2 aromatic carbocycles. The Bertz CT molecular complexity index is 965. The average Bonchev–Trinajstić information content (AvgIpc) is 2.94. The molecule has 0 aromatic heterocycles. The average molecular weight is 419 g/mol. The number of carbonyl (C=O) groups is 3. The Morgan fingerprint density at radius 1 is 1.00 bits per heavy atom. The standard InChI is InChI=1S/C21H20F3N3O3/c1-3-26(4-2)17-10-9-13(21(22,23)24)11-16(17)25-18(28)12-27-19(29)14-7-5-6-8-15(14)20(27)30/h5-11H,3-4,12H2,1-2H3,(H,25,28). The SMILES string of the molecule is CCN(CC)c1ccc(C(F)(F)F)cc1NC(=O)CN1C(=O)c2ccccc2C1=O. The van der Waals surface area contributed by atoms with Crippen molar-refractivity contribution in [2.45, 2.75) is 20.0 Å². The van der Waals surface area contributed by atoms with E-state index < -0.39 is 36.0 Å². The lowest BCUT2D eigenvalue weighted by Crippen LogP contribution is -2.37. The van der Waals surface area contributed by atoms with Gasteiger partial charge >= 0.3 is 6.18 Å². The summed E-state index contributed by atoms with van der Waals surface area (Å²) in [4.78, 5) is 40.0. The van der Waals surface area contributed by atoms with Crippen molar-refractivity contribution in [3.63, 3.8) is 0 Å². The quantitative estimate of drug-likeness (QED) is 0.724. The van der Waals surface area contributed by atoms with Crippen LogP contribution in [0.2, 0.25) is 0 Å². The zero-order valence-corrected chi connectivity index (χ0v) is 16.4. The fourth-order valence-electron chi connectivity index (χ4n) is 3.37. The van der Waals surface area contributed by atoms with E-state index in [0.29, 0.717) is 18.8 Å². The first-order valence-electron chi connectivity index (χ1n) is 9.38. The van der Waals surface area contributed by atoms with Crippen LogP contribution in [0.4, 0.5) is 24.5 Å². The summed E-state index contributed by atoms with van der Waals surface area (Å²) in [5.41, 5.74) is -0.135. The molecule has 0 saturated heterocycles. The van der Waals surface area contributed by atoms with E-state index in [9.17, 15) is 27.6 Å². The molecule has 30 heavy (non-hydrogen) atoms. The minimum absolute atomic E-state index is 0.0323. The van der Waals surface area contributed by atoms with E-state index in [1.165, 1.54) is 18.2 Å². The van der Waals surface area contributed by atoms with Gasteiger partial charge in [0.1, 0.15) is 6.54 Å². The Morgan fingerprint density at radius 2 is 1.57 bits per heavy atom. The lowest BCUT2D eigenvalue weighted by Gasteiger charge is -2.25. The molecule has 9 heteroatoms. The summed E-state index contributed by atoms with van der Waals surface area (Å²) in [5.74, 6) is -1.99. The largest absolute Gasteiger partial charge is 0.416 e. The fraction of sp³-hybridized carbons (Fsp3) is 0.286. The van der Waals surface area contributed by atoms with Gasteiger partial charge in [0, 0.05) is 13.1 Å². The number of carbonyl (C=O) groups excluding carboxylic acids is 3. The zero-order valence-electron chi connectivity index (χ0n) is 16.4. The van der Waals surface area contributed by atoms with Gasteiger partial charge in [-0.3, -0.25) is 19.3 Å². The number of alkyl halides is 3. The molecule has 0 radical (unpaired) electrons. The number of fused-ring (bicyclic) bond motifs is 1. The second-order valence-corrected chi connectivity index (χ2v) is 6.69. The Hall–Kier alpha value is -3.36. The van der Waals surface area contributed by atoms with E-state index in [0.717, 1.165) is 17.0 Å². The lowest BCUT2D eigenvalue weighted by molar-refractivity contribution is -0.137. The number of benzene rings is 2. The van der Waals surface area contributed by atoms with Crippen molar-refractivity contribution in [2.24, 2.45) is 0 Å². The van der Waals surface area contributed by atoms with Gasteiger partial charge in [-0.15, -0.1) is 0 Å². The molecule has 1 heterocycles. The highest BCUT2D eigenvalue weighted by atomic mass is 19.4. The van der Waals surface area contributed by atoms with E-state index in [2.05, 4.69) is 5.32 Å². The lowest BCUT2D eigenvalue weighted by atomic mass is 10.1. The Morgan fingerprint density at radius 3 is 2.07 bits per heavy atom. The highest BCUT2D eigenvalue weighted by Crippen LogP contribution is 2.35. The van der Waals surface area contributed by atoms with Crippen molar-refractivity contribution in [1.82, 2.24) is 4.90 Å². The van der Waals surface area contributed by atoms with Gasteiger partial charge in [0.05, 0.1) is 28.1 Å². The van der Waals surface area contributed by atoms with E-state index in [-0.39, 0.29) is 16.8 Å². The monoisotopic (exact) mass is 419 g/mol. The molecule has 1 N–H and O–H groups in total. The van der Waals surface area contributed by atoms with Crippen LogP contribution in [-0.4, -0.2) is 42.3 Å². The molecule has 0 aliphatic carbocycles. The molecule has 0 spiro atoms. The molecule has 0 fully saturated rings. The van der Waals surface area contributed by atoms with Crippen LogP contribution in [0, 0.1) is 0 Å². The summed E-state index contributed by atoms with van der Waals surface area (Å²) in [6.45, 7) is 4.11. The van der Waals surface area contributed by atoms with Gasteiger partial charge in [0.2, 0.25) is 5.91 Å². The van der Waals surface area contributed by atoms with Gasteiger partial charge in [-0.05, 0) is 44.2 Å². The van der Waals surface area contributed by atoms with Gasteiger partial charge in [0.15, 0.2) is 0 Å². The molecule has 0 bridgehead atoms. The van der Waals surface area contributed by atoms with Gasteiger partial charge in [-0.1, -0.05) is 12.1 Å². The molecule has 0 saturated carbocycles. The number of amides is 3. The van der Waals surface area contributed by atoms with Crippen molar-refractivity contribution in [1.29, 1.82) is 0 Å². The van der Waals surface area contributed by atoms with Crippen molar-refractivity contribution in [2.75, 3.05) is 29.9 Å². The maximum atomic E-state index is 13.2. The van der Waals surface area contributed by atoms with E-state index >= 15 is 0 Å². The third kappa shape index (κ3) is 4.00. The van der Waals surface area contributed by atoms with Crippen molar-refractivity contribution in [3.8, 4) is 0 Å². The number of nitrogens with one attached hydrogen (secondary N) is 1. The maximum absolute atomic E-state index is 13.2. The van der Waals surface area contributed by atoms with Crippen LogP contribution in [0.15, 0.2) is 42.5 Å². The number of imide groups is 1. The number of halogens is 3. The summed E-state index contributed by atoms with van der Waals surface area (Å²) >= 11 is 0. The smallest absolute Gasteiger partial charge is 0.370 e. The predicted molar refractivity (Wildman–Crippen MR) is 105 cm³/mol. The molecule has 1 aliphatic rings. The maximum Gasteiger partial charge on any atom is 0.416 e. The minimum atomic E-state index is -4.58. The topological polar surface area (TPSA) is 69.7 Å². The first kappa shape index (κ1) is 21.4. The highest BCUT2D eigenvalue weighted by molar-refractivity contribution is 6.22. The summed E-state index contributed by atoms with van der Waals surface area (Å²) in [6.07, 6.45) is -4.58. The number of rotatable bonds is 6. The molecule has 158 valence electrons. The van der Waals surface area contributed by atoms with Crippen LogP contribution in [-0.2, 0) is 11.0 Å². The van der Waals surface area contributed by atoms with Crippen LogP contribution in [0.1, 0.15) is 40.1 Å². The first-order chi connectivity index (χ1) is 14.2. The molecule has 3 amide bonds. The van der Waals surface area contributed by atoms with Crippen molar-refractivity contribution in [3.05, 3.63) is 59.2 Å². The van der Waals surface area contributed by atoms with Crippen molar-refractivity contribution >= 4 is 29.1 Å². The molecule has 2 aromatic rings. The summed E-state index contributed by atoms with van der Waals surface area (Å²) in [6, 6.07) is 9.28. The Balaban J connectivity index is 1.85. The summed E-state index contributed by atoms with van der Waals surface area (Å²) in [7, 11) is 0. The number of anilines is 2. The van der Waals surface area contributed by atoms with E-state index in [1.54, 1.807) is 17.0 Å².